The number of amides is 1. The minimum Gasteiger partial charge on any atom is -0.465 e. The van der Waals surface area contributed by atoms with Crippen LogP contribution in [0.2, 0.25) is 0 Å². The predicted octanol–water partition coefficient (Wildman–Crippen LogP) is 1.44. The Morgan fingerprint density at radius 3 is 3.05 bits per heavy atom. The molecule has 100 valence electrons. The lowest BCUT2D eigenvalue weighted by atomic mass is 10.3. The number of nitrogens with two attached hydrogens (primary N) is 1. The first kappa shape index (κ1) is 13.6. The van der Waals surface area contributed by atoms with Crippen molar-refractivity contribution in [2.24, 2.45) is 0 Å². The molecule has 0 spiro atoms. The summed E-state index contributed by atoms with van der Waals surface area (Å²) in [6, 6.07) is 1.46. The highest BCUT2D eigenvalue weighted by Crippen LogP contribution is 2.23. The molecule has 0 aromatic carbocycles. The van der Waals surface area contributed by atoms with Crippen molar-refractivity contribution in [1.29, 1.82) is 0 Å². The summed E-state index contributed by atoms with van der Waals surface area (Å²) in [5.41, 5.74) is 6.46. The molecule has 1 atom stereocenters. The average molecular weight is 373 g/mol. The molecular weight excluding hydrogens is 361 g/mol. The van der Waals surface area contributed by atoms with Gasteiger partial charge >= 0.3 is 6.09 Å². The maximum absolute atomic E-state index is 10.7. The van der Waals surface area contributed by atoms with E-state index in [4.69, 9.17) is 10.8 Å². The van der Waals surface area contributed by atoms with Gasteiger partial charge in [0.25, 0.3) is 0 Å². The Bertz CT molecular complexity index is 639. The molecule has 19 heavy (non-hydrogen) atoms. The van der Waals surface area contributed by atoms with E-state index in [1.807, 2.05) is 10.6 Å². The second-order valence-corrected chi connectivity index (χ2v) is 4.97. The fourth-order valence-corrected chi connectivity index (χ4v) is 2.50. The van der Waals surface area contributed by atoms with Crippen molar-refractivity contribution in [2.45, 2.75) is 12.6 Å². The van der Waals surface area contributed by atoms with Crippen molar-refractivity contribution < 1.29 is 9.90 Å². The van der Waals surface area contributed by atoms with E-state index in [2.05, 4.69) is 44.5 Å². The van der Waals surface area contributed by atoms with Crippen LogP contribution in [-0.4, -0.2) is 31.8 Å². The third-order valence-electron chi connectivity index (χ3n) is 2.64. The quantitative estimate of drug-likeness (QED) is 0.556. The van der Waals surface area contributed by atoms with Crippen molar-refractivity contribution in [2.75, 3.05) is 5.73 Å². The maximum Gasteiger partial charge on any atom is 0.405 e. The van der Waals surface area contributed by atoms with Gasteiger partial charge in [-0.2, -0.15) is 0 Å². The van der Waals surface area contributed by atoms with E-state index in [9.17, 15) is 4.79 Å². The number of hydrogen-bond donors (Lipinski definition) is 3. The van der Waals surface area contributed by atoms with E-state index in [0.29, 0.717) is 18.0 Å². The third-order valence-corrected chi connectivity index (χ3v) is 3.54. The largest absolute Gasteiger partial charge is 0.465 e. The molecule has 0 aliphatic carbocycles. The van der Waals surface area contributed by atoms with Crippen molar-refractivity contribution in [3.8, 4) is 0 Å². The molecule has 2 rings (SSSR count). The summed E-state index contributed by atoms with van der Waals surface area (Å²) < 4.78 is 2.77. The number of halogens is 1. The van der Waals surface area contributed by atoms with Crippen LogP contribution in [0.5, 0.6) is 0 Å². The molecule has 2 aromatic heterocycles. The fourth-order valence-electron chi connectivity index (χ4n) is 1.76. The van der Waals surface area contributed by atoms with Gasteiger partial charge in [-0.3, -0.25) is 0 Å². The second-order valence-electron chi connectivity index (χ2n) is 3.87. The van der Waals surface area contributed by atoms with Crippen LogP contribution in [0.1, 0.15) is 0 Å². The molecule has 7 nitrogen and oxygen atoms in total. The van der Waals surface area contributed by atoms with Crippen molar-refractivity contribution in [1.82, 2.24) is 19.9 Å². The number of rotatable bonds is 4. The molecule has 0 aliphatic rings. The van der Waals surface area contributed by atoms with Crippen LogP contribution in [0.3, 0.4) is 0 Å². The van der Waals surface area contributed by atoms with Gasteiger partial charge in [0.05, 0.1) is 15.1 Å². The van der Waals surface area contributed by atoms with Crippen LogP contribution >= 0.6 is 22.6 Å². The number of anilines is 1. The lowest BCUT2D eigenvalue weighted by Gasteiger charge is -2.14. The predicted molar refractivity (Wildman–Crippen MR) is 79.8 cm³/mol. The van der Waals surface area contributed by atoms with Gasteiger partial charge in [-0.15, -0.1) is 6.58 Å². The SMILES string of the molecule is C=CC(Cn1c(I)cc2c(N)ncnc21)NC(=O)O. The molecule has 0 bridgehead atoms. The Kier molecular flexibility index (Phi) is 3.88. The maximum atomic E-state index is 10.7. The first-order valence-corrected chi connectivity index (χ1v) is 6.48. The van der Waals surface area contributed by atoms with Crippen molar-refractivity contribution in [3.05, 3.63) is 28.7 Å². The lowest BCUT2D eigenvalue weighted by molar-refractivity contribution is 0.191. The number of carbonyl (C=O) groups is 1. The topological polar surface area (TPSA) is 106 Å². The van der Waals surface area contributed by atoms with Gasteiger partial charge in [-0.25, -0.2) is 14.8 Å². The Morgan fingerprint density at radius 1 is 1.68 bits per heavy atom. The van der Waals surface area contributed by atoms with Gasteiger partial charge in [0, 0.05) is 6.54 Å². The Morgan fingerprint density at radius 2 is 2.42 bits per heavy atom. The zero-order valence-corrected chi connectivity index (χ0v) is 12.0. The van der Waals surface area contributed by atoms with E-state index in [0.717, 1.165) is 9.09 Å². The highest BCUT2D eigenvalue weighted by molar-refractivity contribution is 14.1. The standard InChI is InChI=1S/C11H12IN5O2/c1-2-6(16-11(18)19)4-17-8(12)3-7-9(13)14-5-15-10(7)17/h2-3,5-6,16H,1,4H2,(H,18,19)(H2,13,14,15). The Hall–Kier alpha value is -1.84. The molecule has 2 heterocycles. The molecule has 0 aliphatic heterocycles. The van der Waals surface area contributed by atoms with Crippen LogP contribution in [0.25, 0.3) is 11.0 Å². The van der Waals surface area contributed by atoms with Crippen molar-refractivity contribution in [3.63, 3.8) is 0 Å². The summed E-state index contributed by atoms with van der Waals surface area (Å²) in [5.74, 6) is 0.406. The number of nitrogen functional groups attached to an aromatic ring is 1. The van der Waals surface area contributed by atoms with E-state index in [-0.39, 0.29) is 0 Å². The van der Waals surface area contributed by atoms with E-state index in [1.54, 1.807) is 6.08 Å². The van der Waals surface area contributed by atoms with Crippen LogP contribution in [0, 0.1) is 3.70 Å². The van der Waals surface area contributed by atoms with Gasteiger partial charge in [0.1, 0.15) is 17.8 Å². The minimum atomic E-state index is -1.09. The molecule has 0 saturated carbocycles. The number of carboxylic acid groups (broad SMARTS) is 1. The van der Waals surface area contributed by atoms with Gasteiger partial charge in [0.2, 0.25) is 0 Å². The molecule has 2 aromatic rings. The highest BCUT2D eigenvalue weighted by atomic mass is 127. The average Bonchev–Trinajstić information content (AvgIpc) is 2.67. The third kappa shape index (κ3) is 2.78. The Labute approximate surface area is 122 Å². The van der Waals surface area contributed by atoms with E-state index in [1.165, 1.54) is 6.33 Å². The zero-order valence-electron chi connectivity index (χ0n) is 9.88. The summed E-state index contributed by atoms with van der Waals surface area (Å²) >= 11 is 2.14. The molecule has 8 heteroatoms. The minimum absolute atomic E-state index is 0.397. The summed E-state index contributed by atoms with van der Waals surface area (Å²) in [7, 11) is 0. The fraction of sp³-hybridized carbons (Fsp3) is 0.182. The molecular formula is C11H12IN5O2. The number of aromatic nitrogens is 3. The monoisotopic (exact) mass is 373 g/mol. The van der Waals surface area contributed by atoms with Crippen molar-refractivity contribution >= 4 is 45.5 Å². The first-order valence-electron chi connectivity index (χ1n) is 5.40. The number of fused-ring (bicyclic) bond motifs is 1. The first-order chi connectivity index (χ1) is 9.02. The summed E-state index contributed by atoms with van der Waals surface area (Å²) in [6.45, 7) is 4.02. The summed E-state index contributed by atoms with van der Waals surface area (Å²) in [5, 5.41) is 11.9. The van der Waals surface area contributed by atoms with Gasteiger partial charge in [0.15, 0.2) is 0 Å². The molecule has 4 N–H and O–H groups in total. The molecule has 0 fully saturated rings. The number of nitrogens with one attached hydrogen (secondary N) is 1. The zero-order chi connectivity index (χ0) is 14.0. The van der Waals surface area contributed by atoms with Crippen LogP contribution in [0.15, 0.2) is 25.0 Å². The summed E-state index contributed by atoms with van der Waals surface area (Å²) in [4.78, 5) is 18.8. The molecule has 0 radical (unpaired) electrons. The molecule has 1 unspecified atom stereocenters. The van der Waals surface area contributed by atoms with Crippen LogP contribution < -0.4 is 11.1 Å². The van der Waals surface area contributed by atoms with Crippen LogP contribution in [0.4, 0.5) is 10.6 Å². The smallest absolute Gasteiger partial charge is 0.405 e. The number of nitrogens with zero attached hydrogens (tertiary/aromatic N) is 3. The summed E-state index contributed by atoms with van der Waals surface area (Å²) in [6.07, 6.45) is 1.84. The van der Waals surface area contributed by atoms with E-state index < -0.39 is 12.1 Å². The van der Waals surface area contributed by atoms with Gasteiger partial charge in [-0.05, 0) is 28.7 Å². The number of hydrogen-bond acceptors (Lipinski definition) is 4. The van der Waals surface area contributed by atoms with E-state index >= 15 is 0 Å². The molecule has 1 amide bonds. The van der Waals surface area contributed by atoms with Crippen LogP contribution in [-0.2, 0) is 6.54 Å². The normalized spacial score (nSPS) is 12.3. The van der Waals surface area contributed by atoms with Gasteiger partial charge < -0.3 is 20.7 Å². The molecule has 0 saturated heterocycles. The lowest BCUT2D eigenvalue weighted by Crippen LogP contribution is -2.35. The second kappa shape index (κ2) is 5.43. The van der Waals surface area contributed by atoms with Gasteiger partial charge in [-0.1, -0.05) is 6.08 Å². The highest BCUT2D eigenvalue weighted by Gasteiger charge is 2.15. The Balaban J connectivity index is 2.39.